The summed E-state index contributed by atoms with van der Waals surface area (Å²) in [6.45, 7) is 11.0. The molecule has 0 spiro atoms. The van der Waals surface area contributed by atoms with E-state index in [4.69, 9.17) is 16.3 Å². The average Bonchev–Trinajstić information content (AvgIpc) is 2.88. The van der Waals surface area contributed by atoms with Gasteiger partial charge in [0.05, 0.1) is 0 Å². The number of nitrogens with zero attached hydrogens (tertiary/aromatic N) is 1. The first-order valence-electron chi connectivity index (χ1n) is 13.1. The van der Waals surface area contributed by atoms with Crippen LogP contribution in [0.1, 0.15) is 51.3 Å². The van der Waals surface area contributed by atoms with Gasteiger partial charge in [0.2, 0.25) is 5.91 Å². The van der Waals surface area contributed by atoms with Crippen LogP contribution in [-0.4, -0.2) is 35.9 Å². The Morgan fingerprint density at radius 1 is 0.921 bits per heavy atom. The van der Waals surface area contributed by atoms with Crippen molar-refractivity contribution < 1.29 is 14.3 Å². The Hall–Kier alpha value is -3.31. The molecule has 0 saturated carbocycles. The molecule has 3 rings (SSSR count). The lowest BCUT2D eigenvalue weighted by Gasteiger charge is -2.32. The maximum Gasteiger partial charge on any atom is 0.261 e. The zero-order valence-electron chi connectivity index (χ0n) is 23.0. The Labute approximate surface area is 232 Å². The molecule has 0 unspecified atom stereocenters. The third-order valence-electron chi connectivity index (χ3n) is 6.24. The zero-order chi connectivity index (χ0) is 27.7. The van der Waals surface area contributed by atoms with Crippen molar-refractivity contribution >= 4 is 23.4 Å². The fourth-order valence-electron chi connectivity index (χ4n) is 4.24. The predicted molar refractivity (Wildman–Crippen MR) is 154 cm³/mol. The second kappa shape index (κ2) is 13.5. The summed E-state index contributed by atoms with van der Waals surface area (Å²) >= 11 is 6.26. The van der Waals surface area contributed by atoms with Crippen LogP contribution < -0.4 is 10.1 Å². The van der Waals surface area contributed by atoms with Gasteiger partial charge in [-0.3, -0.25) is 9.59 Å². The molecule has 38 heavy (non-hydrogen) atoms. The number of para-hydroxylation sites is 1. The van der Waals surface area contributed by atoms with Gasteiger partial charge in [-0.1, -0.05) is 107 Å². The van der Waals surface area contributed by atoms with Crippen LogP contribution in [0, 0.1) is 5.92 Å². The second-order valence-corrected chi connectivity index (χ2v) is 11.5. The summed E-state index contributed by atoms with van der Waals surface area (Å²) in [4.78, 5) is 29.0. The lowest BCUT2D eigenvalue weighted by molar-refractivity contribution is -0.142. The van der Waals surface area contributed by atoms with Gasteiger partial charge >= 0.3 is 0 Å². The lowest BCUT2D eigenvalue weighted by Crippen LogP contribution is -2.52. The molecule has 0 aliphatic rings. The van der Waals surface area contributed by atoms with Crippen molar-refractivity contribution in [2.24, 2.45) is 5.92 Å². The highest BCUT2D eigenvalue weighted by atomic mass is 35.5. The van der Waals surface area contributed by atoms with Crippen LogP contribution in [0.25, 0.3) is 0 Å². The van der Waals surface area contributed by atoms with Crippen LogP contribution in [0.2, 0.25) is 5.02 Å². The summed E-state index contributed by atoms with van der Waals surface area (Å²) in [7, 11) is 0. The first kappa shape index (κ1) is 29.2. The van der Waals surface area contributed by atoms with Crippen LogP contribution in [0.5, 0.6) is 5.75 Å². The summed E-state index contributed by atoms with van der Waals surface area (Å²) < 4.78 is 6.10. The molecule has 0 fully saturated rings. The topological polar surface area (TPSA) is 58.6 Å². The van der Waals surface area contributed by atoms with E-state index in [0.717, 1.165) is 16.7 Å². The van der Waals surface area contributed by atoms with Crippen molar-refractivity contribution in [2.75, 3.05) is 13.2 Å². The largest absolute Gasteiger partial charge is 0.483 e. The third kappa shape index (κ3) is 8.63. The number of rotatable bonds is 11. The molecule has 2 amide bonds. The fourth-order valence-corrected chi connectivity index (χ4v) is 4.46. The van der Waals surface area contributed by atoms with Crippen LogP contribution in [0.3, 0.4) is 0 Å². The number of carbonyl (C=O) groups is 2. The van der Waals surface area contributed by atoms with Gasteiger partial charge in [0.25, 0.3) is 5.91 Å². The normalized spacial score (nSPS) is 12.2. The molecule has 3 aromatic carbocycles. The summed E-state index contributed by atoms with van der Waals surface area (Å²) in [5, 5.41) is 3.62. The van der Waals surface area contributed by atoms with Crippen molar-refractivity contribution in [3.8, 4) is 5.75 Å². The van der Waals surface area contributed by atoms with E-state index in [9.17, 15) is 9.59 Å². The molecule has 3 aromatic rings. The number of amides is 2. The molecule has 0 saturated heterocycles. The summed E-state index contributed by atoms with van der Waals surface area (Å²) in [6.07, 6.45) is 0.385. The molecule has 0 aromatic heterocycles. The molecular formula is C32H39ClN2O3. The van der Waals surface area contributed by atoms with Gasteiger partial charge in [-0.05, 0) is 46.2 Å². The summed E-state index contributed by atoms with van der Waals surface area (Å²) in [5.41, 5.74) is 2.69. The van der Waals surface area contributed by atoms with Crippen molar-refractivity contribution in [3.63, 3.8) is 0 Å². The highest BCUT2D eigenvalue weighted by Gasteiger charge is 2.31. The first-order valence-corrected chi connectivity index (χ1v) is 13.5. The first-order chi connectivity index (χ1) is 18.0. The SMILES string of the molecule is CC(C)CNC(=O)[C@H](Cc1ccccc1)N(Cc1cccc(Cl)c1)C(=O)COc1ccccc1C(C)(C)C. The minimum Gasteiger partial charge on any atom is -0.483 e. The Kier molecular flexibility index (Phi) is 10.4. The van der Waals surface area contributed by atoms with Gasteiger partial charge in [0.1, 0.15) is 11.8 Å². The number of carbonyl (C=O) groups excluding carboxylic acids is 2. The molecular weight excluding hydrogens is 496 g/mol. The van der Waals surface area contributed by atoms with E-state index in [-0.39, 0.29) is 36.3 Å². The fraction of sp³-hybridized carbons (Fsp3) is 0.375. The van der Waals surface area contributed by atoms with Crippen LogP contribution in [-0.2, 0) is 28.0 Å². The number of benzene rings is 3. The van der Waals surface area contributed by atoms with Gasteiger partial charge in [0, 0.05) is 24.5 Å². The van der Waals surface area contributed by atoms with Crippen molar-refractivity contribution in [2.45, 2.75) is 59.0 Å². The Bertz CT molecular complexity index is 1200. The maximum absolute atomic E-state index is 13.8. The third-order valence-corrected chi connectivity index (χ3v) is 6.48. The zero-order valence-corrected chi connectivity index (χ0v) is 23.8. The molecule has 6 heteroatoms. The molecule has 0 radical (unpaired) electrons. The number of hydrogen-bond acceptors (Lipinski definition) is 3. The second-order valence-electron chi connectivity index (χ2n) is 11.0. The average molecular weight is 535 g/mol. The predicted octanol–water partition coefficient (Wildman–Crippen LogP) is 6.43. The van der Waals surface area contributed by atoms with Gasteiger partial charge in [-0.15, -0.1) is 0 Å². The van der Waals surface area contributed by atoms with Gasteiger partial charge in [-0.2, -0.15) is 0 Å². The smallest absolute Gasteiger partial charge is 0.261 e. The highest BCUT2D eigenvalue weighted by molar-refractivity contribution is 6.30. The number of halogens is 1. The standard InChI is InChI=1S/C32H39ClN2O3/c1-23(2)20-34-31(37)28(19-24-12-7-6-8-13-24)35(21-25-14-11-15-26(33)18-25)30(36)22-38-29-17-10-9-16-27(29)32(3,4)5/h6-18,23,28H,19-22H2,1-5H3,(H,34,37)/t28-/m0/s1. The molecule has 0 aliphatic heterocycles. The quantitative estimate of drug-likeness (QED) is 0.308. The van der Waals surface area contributed by atoms with E-state index in [1.165, 1.54) is 0 Å². The van der Waals surface area contributed by atoms with E-state index < -0.39 is 6.04 Å². The van der Waals surface area contributed by atoms with Gasteiger partial charge in [0.15, 0.2) is 6.61 Å². The minimum absolute atomic E-state index is 0.146. The van der Waals surface area contributed by atoms with Crippen LogP contribution >= 0.6 is 11.6 Å². The van der Waals surface area contributed by atoms with E-state index in [1.807, 2.05) is 86.6 Å². The monoisotopic (exact) mass is 534 g/mol. The molecule has 5 nitrogen and oxygen atoms in total. The molecule has 202 valence electrons. The maximum atomic E-state index is 13.8. The number of nitrogens with one attached hydrogen (secondary N) is 1. The summed E-state index contributed by atoms with van der Waals surface area (Å²) in [5.74, 6) is 0.493. The van der Waals surface area contributed by atoms with Crippen molar-refractivity contribution in [1.29, 1.82) is 0 Å². The van der Waals surface area contributed by atoms with E-state index in [0.29, 0.717) is 23.7 Å². The minimum atomic E-state index is -0.718. The summed E-state index contributed by atoms with van der Waals surface area (Å²) in [6, 6.07) is 24.2. The molecule has 1 atom stereocenters. The van der Waals surface area contributed by atoms with Crippen LogP contribution in [0.15, 0.2) is 78.9 Å². The number of ether oxygens (including phenoxy) is 1. The Balaban J connectivity index is 1.94. The van der Waals surface area contributed by atoms with Gasteiger partial charge in [-0.25, -0.2) is 0 Å². The highest BCUT2D eigenvalue weighted by Crippen LogP contribution is 2.31. The number of hydrogen-bond donors (Lipinski definition) is 1. The molecule has 0 bridgehead atoms. The molecule has 1 N–H and O–H groups in total. The lowest BCUT2D eigenvalue weighted by atomic mass is 9.86. The van der Waals surface area contributed by atoms with Gasteiger partial charge < -0.3 is 15.0 Å². The van der Waals surface area contributed by atoms with Crippen LogP contribution in [0.4, 0.5) is 0 Å². The Morgan fingerprint density at radius 3 is 2.24 bits per heavy atom. The van der Waals surface area contributed by atoms with E-state index >= 15 is 0 Å². The van der Waals surface area contributed by atoms with E-state index in [1.54, 1.807) is 11.0 Å². The molecule has 0 heterocycles. The van der Waals surface area contributed by atoms with Crippen molar-refractivity contribution in [1.82, 2.24) is 10.2 Å². The molecule has 0 aliphatic carbocycles. The van der Waals surface area contributed by atoms with E-state index in [2.05, 4.69) is 26.1 Å². The Morgan fingerprint density at radius 2 is 1.58 bits per heavy atom. The van der Waals surface area contributed by atoms with Crippen molar-refractivity contribution in [3.05, 3.63) is 101 Å².